The van der Waals surface area contributed by atoms with Gasteiger partial charge in [-0.1, -0.05) is 18.2 Å². The minimum atomic E-state index is -0.230. The van der Waals surface area contributed by atoms with Gasteiger partial charge in [-0.05, 0) is 11.6 Å². The van der Waals surface area contributed by atoms with Crippen LogP contribution in [0.25, 0.3) is 0 Å². The van der Waals surface area contributed by atoms with Crippen molar-refractivity contribution in [2.45, 2.75) is 13.5 Å². The van der Waals surface area contributed by atoms with E-state index in [0.29, 0.717) is 6.54 Å². The van der Waals surface area contributed by atoms with Crippen molar-refractivity contribution in [1.29, 1.82) is 0 Å². The summed E-state index contributed by atoms with van der Waals surface area (Å²) < 4.78 is 0. The molecular weight excluding hydrogens is 240 g/mol. The van der Waals surface area contributed by atoms with Gasteiger partial charge < -0.3 is 10.2 Å². The Kier molecular flexibility index (Phi) is 4.97. The van der Waals surface area contributed by atoms with Gasteiger partial charge in [0.25, 0.3) is 0 Å². The van der Waals surface area contributed by atoms with Crippen molar-refractivity contribution < 1.29 is 9.59 Å². The van der Waals surface area contributed by atoms with E-state index in [0.717, 1.165) is 11.3 Å². The fourth-order valence-electron chi connectivity index (χ4n) is 1.40. The standard InChI is InChI=1S/C12H15ClN2O2/c1-9(16)15(2)11-6-4-3-5-10(11)8-14-12(17)7-13/h3-6H,7-8H2,1-2H3,(H,14,17). The molecule has 0 bridgehead atoms. The van der Waals surface area contributed by atoms with Crippen molar-refractivity contribution in [1.82, 2.24) is 5.32 Å². The van der Waals surface area contributed by atoms with E-state index in [4.69, 9.17) is 11.6 Å². The van der Waals surface area contributed by atoms with Gasteiger partial charge in [-0.2, -0.15) is 0 Å². The molecule has 0 saturated heterocycles. The molecule has 17 heavy (non-hydrogen) atoms. The van der Waals surface area contributed by atoms with Crippen LogP contribution in [-0.4, -0.2) is 24.7 Å². The predicted molar refractivity (Wildman–Crippen MR) is 68.1 cm³/mol. The van der Waals surface area contributed by atoms with E-state index in [9.17, 15) is 9.59 Å². The molecule has 1 aromatic carbocycles. The number of alkyl halides is 1. The fraction of sp³-hybridized carbons (Fsp3) is 0.333. The molecule has 0 aliphatic carbocycles. The predicted octanol–water partition coefficient (Wildman–Crippen LogP) is 1.52. The van der Waals surface area contributed by atoms with Gasteiger partial charge in [0.1, 0.15) is 5.88 Å². The Morgan fingerprint density at radius 3 is 2.59 bits per heavy atom. The lowest BCUT2D eigenvalue weighted by Gasteiger charge is -2.19. The van der Waals surface area contributed by atoms with Crippen LogP contribution in [0.3, 0.4) is 0 Å². The Morgan fingerprint density at radius 1 is 1.35 bits per heavy atom. The summed E-state index contributed by atoms with van der Waals surface area (Å²) in [6.07, 6.45) is 0. The molecule has 4 nitrogen and oxygen atoms in total. The number of nitrogens with one attached hydrogen (secondary N) is 1. The highest BCUT2D eigenvalue weighted by Gasteiger charge is 2.10. The number of carbonyl (C=O) groups is 2. The van der Waals surface area contributed by atoms with Crippen LogP contribution < -0.4 is 10.2 Å². The van der Waals surface area contributed by atoms with Crippen LogP contribution in [0.5, 0.6) is 0 Å². The van der Waals surface area contributed by atoms with Crippen LogP contribution in [0.2, 0.25) is 0 Å². The third-order valence-electron chi connectivity index (χ3n) is 2.42. The van der Waals surface area contributed by atoms with E-state index in [-0.39, 0.29) is 17.7 Å². The third kappa shape index (κ3) is 3.75. The summed E-state index contributed by atoms with van der Waals surface area (Å²) in [6.45, 7) is 1.85. The number of hydrogen-bond donors (Lipinski definition) is 1. The van der Waals surface area contributed by atoms with Gasteiger partial charge in [0.05, 0.1) is 0 Å². The summed E-state index contributed by atoms with van der Waals surface area (Å²) in [4.78, 5) is 23.9. The van der Waals surface area contributed by atoms with Crippen molar-refractivity contribution >= 4 is 29.1 Å². The van der Waals surface area contributed by atoms with Crippen LogP contribution in [0.15, 0.2) is 24.3 Å². The fourth-order valence-corrected chi connectivity index (χ4v) is 1.49. The molecule has 1 aromatic rings. The van der Waals surface area contributed by atoms with Crippen LogP contribution in [0, 0.1) is 0 Å². The average Bonchev–Trinajstić information content (AvgIpc) is 2.35. The van der Waals surface area contributed by atoms with Gasteiger partial charge in [-0.15, -0.1) is 11.6 Å². The third-order valence-corrected chi connectivity index (χ3v) is 2.67. The first-order chi connectivity index (χ1) is 8.06. The average molecular weight is 255 g/mol. The first-order valence-corrected chi connectivity index (χ1v) is 5.74. The number of rotatable bonds is 4. The lowest BCUT2D eigenvalue weighted by atomic mass is 10.1. The van der Waals surface area contributed by atoms with Crippen molar-refractivity contribution in [2.24, 2.45) is 0 Å². The van der Waals surface area contributed by atoms with Crippen LogP contribution >= 0.6 is 11.6 Å². The zero-order valence-corrected chi connectivity index (χ0v) is 10.6. The molecule has 0 spiro atoms. The van der Waals surface area contributed by atoms with Gasteiger partial charge in [0, 0.05) is 26.2 Å². The number of halogens is 1. The summed E-state index contributed by atoms with van der Waals surface area (Å²) >= 11 is 5.39. The Labute approximate surface area is 106 Å². The maximum absolute atomic E-state index is 11.3. The minimum absolute atomic E-state index is 0.0545. The van der Waals surface area contributed by atoms with E-state index in [1.54, 1.807) is 11.9 Å². The second-order valence-electron chi connectivity index (χ2n) is 3.62. The highest BCUT2D eigenvalue weighted by Crippen LogP contribution is 2.18. The number of amides is 2. The van der Waals surface area contributed by atoms with E-state index < -0.39 is 0 Å². The number of anilines is 1. The highest BCUT2D eigenvalue weighted by atomic mass is 35.5. The molecule has 0 heterocycles. The number of hydrogen-bond acceptors (Lipinski definition) is 2. The van der Waals surface area contributed by atoms with E-state index in [1.807, 2.05) is 24.3 Å². The number of nitrogens with zero attached hydrogens (tertiary/aromatic N) is 1. The summed E-state index contributed by atoms with van der Waals surface area (Å²) in [5, 5.41) is 2.67. The molecule has 5 heteroatoms. The van der Waals surface area contributed by atoms with Crippen molar-refractivity contribution in [3.63, 3.8) is 0 Å². The van der Waals surface area contributed by atoms with Gasteiger partial charge in [-0.3, -0.25) is 9.59 Å². The lowest BCUT2D eigenvalue weighted by molar-refractivity contribution is -0.119. The van der Waals surface area contributed by atoms with Gasteiger partial charge in [-0.25, -0.2) is 0 Å². The molecule has 0 fully saturated rings. The zero-order valence-electron chi connectivity index (χ0n) is 9.87. The molecule has 1 N–H and O–H groups in total. The number of para-hydroxylation sites is 1. The Morgan fingerprint density at radius 2 is 2.00 bits per heavy atom. The first kappa shape index (κ1) is 13.5. The van der Waals surface area contributed by atoms with Crippen LogP contribution in [0.1, 0.15) is 12.5 Å². The lowest BCUT2D eigenvalue weighted by Crippen LogP contribution is -2.27. The second-order valence-corrected chi connectivity index (χ2v) is 3.88. The molecule has 92 valence electrons. The van der Waals surface area contributed by atoms with Gasteiger partial charge in [0.2, 0.25) is 11.8 Å². The van der Waals surface area contributed by atoms with Crippen molar-refractivity contribution in [3.8, 4) is 0 Å². The summed E-state index contributed by atoms with van der Waals surface area (Å²) in [5.41, 5.74) is 1.67. The quantitative estimate of drug-likeness (QED) is 0.829. The Balaban J connectivity index is 2.84. The largest absolute Gasteiger partial charge is 0.351 e. The topological polar surface area (TPSA) is 49.4 Å². The SMILES string of the molecule is CC(=O)N(C)c1ccccc1CNC(=O)CCl. The molecular formula is C12H15ClN2O2. The van der Waals surface area contributed by atoms with E-state index in [1.165, 1.54) is 6.92 Å². The summed E-state index contributed by atoms with van der Waals surface area (Å²) in [6, 6.07) is 7.41. The van der Waals surface area contributed by atoms with Crippen molar-refractivity contribution in [2.75, 3.05) is 17.8 Å². The van der Waals surface area contributed by atoms with Gasteiger partial charge >= 0.3 is 0 Å². The normalized spacial score (nSPS) is 9.82. The number of benzene rings is 1. The second kappa shape index (κ2) is 6.25. The molecule has 0 aliphatic heterocycles. The van der Waals surface area contributed by atoms with Crippen LogP contribution in [-0.2, 0) is 16.1 Å². The van der Waals surface area contributed by atoms with Crippen LogP contribution in [0.4, 0.5) is 5.69 Å². The Hall–Kier alpha value is -1.55. The first-order valence-electron chi connectivity index (χ1n) is 5.21. The van der Waals surface area contributed by atoms with Gasteiger partial charge in [0.15, 0.2) is 0 Å². The highest BCUT2D eigenvalue weighted by molar-refractivity contribution is 6.27. The molecule has 2 amide bonds. The Bertz CT molecular complexity index is 421. The van der Waals surface area contributed by atoms with E-state index >= 15 is 0 Å². The van der Waals surface area contributed by atoms with E-state index in [2.05, 4.69) is 5.32 Å². The molecule has 0 radical (unpaired) electrons. The molecule has 0 aliphatic rings. The molecule has 0 unspecified atom stereocenters. The zero-order chi connectivity index (χ0) is 12.8. The molecule has 0 aromatic heterocycles. The summed E-state index contributed by atoms with van der Waals surface area (Å²) in [7, 11) is 1.70. The molecule has 0 atom stereocenters. The molecule has 0 saturated carbocycles. The minimum Gasteiger partial charge on any atom is -0.351 e. The number of carbonyl (C=O) groups excluding carboxylic acids is 2. The maximum Gasteiger partial charge on any atom is 0.235 e. The molecule has 1 rings (SSSR count). The monoisotopic (exact) mass is 254 g/mol. The maximum atomic E-state index is 11.3. The smallest absolute Gasteiger partial charge is 0.235 e. The van der Waals surface area contributed by atoms with Crippen molar-refractivity contribution in [3.05, 3.63) is 29.8 Å². The summed E-state index contributed by atoms with van der Waals surface area (Å²) in [5.74, 6) is -0.349.